The molecule has 0 bridgehead atoms. The molecule has 0 amide bonds. The van der Waals surface area contributed by atoms with Gasteiger partial charge in [0.25, 0.3) is 0 Å². The van der Waals surface area contributed by atoms with Crippen LogP contribution in [0.2, 0.25) is 25.2 Å². The van der Waals surface area contributed by atoms with Crippen LogP contribution in [0.25, 0.3) is 0 Å². The first-order valence-electron chi connectivity index (χ1n) is 4.52. The molecule has 1 atom stereocenters. The molecule has 64 valence electrons. The minimum absolute atomic E-state index is 0.503. The Bertz CT molecular complexity index is 157. The third-order valence-corrected chi connectivity index (χ3v) is 5.65. The van der Waals surface area contributed by atoms with Crippen LogP contribution in [0, 0.1) is 0 Å². The van der Waals surface area contributed by atoms with E-state index in [0.717, 1.165) is 24.8 Å². The molecule has 1 rings (SSSR count). The monoisotopic (exact) mass is 170 g/mol. The lowest BCUT2D eigenvalue weighted by Gasteiger charge is -2.31. The normalized spacial score (nSPS) is 27.2. The summed E-state index contributed by atoms with van der Waals surface area (Å²) in [6.07, 6.45) is 4.19. The number of hydrogen-bond donors (Lipinski definition) is 0. The molecule has 0 N–H and O–H groups in total. The van der Waals surface area contributed by atoms with E-state index in [1.165, 1.54) is 6.42 Å². The first kappa shape index (κ1) is 8.98. The Kier molecular flexibility index (Phi) is 2.53. The zero-order chi connectivity index (χ0) is 8.48. The van der Waals surface area contributed by atoms with Crippen molar-refractivity contribution in [3.63, 3.8) is 0 Å². The fraction of sp³-hybridized carbons (Fsp3) is 0.889. The van der Waals surface area contributed by atoms with Crippen molar-refractivity contribution in [2.45, 2.75) is 50.9 Å². The van der Waals surface area contributed by atoms with Crippen LogP contribution in [-0.2, 0) is 4.79 Å². The van der Waals surface area contributed by atoms with Crippen molar-refractivity contribution in [3.05, 3.63) is 0 Å². The Balaban J connectivity index is 2.53. The van der Waals surface area contributed by atoms with Crippen LogP contribution < -0.4 is 0 Å². The van der Waals surface area contributed by atoms with Crippen molar-refractivity contribution >= 4 is 13.9 Å². The maximum Gasteiger partial charge on any atom is 0.132 e. The van der Waals surface area contributed by atoms with Crippen LogP contribution in [0.5, 0.6) is 0 Å². The topological polar surface area (TPSA) is 17.1 Å². The lowest BCUT2D eigenvalue weighted by atomic mass is 9.99. The average Bonchev–Trinajstić information content (AvgIpc) is 1.86. The predicted octanol–water partition coefficient (Wildman–Crippen LogP) is 2.84. The summed E-state index contributed by atoms with van der Waals surface area (Å²) in [6, 6.07) is 0. The summed E-state index contributed by atoms with van der Waals surface area (Å²) in [6.45, 7) is 7.11. The molecule has 0 aliphatic heterocycles. The van der Waals surface area contributed by atoms with Gasteiger partial charge in [0.15, 0.2) is 0 Å². The van der Waals surface area contributed by atoms with E-state index in [4.69, 9.17) is 0 Å². The third kappa shape index (κ3) is 2.44. The molecule has 1 fully saturated rings. The Morgan fingerprint density at radius 3 is 2.36 bits per heavy atom. The van der Waals surface area contributed by atoms with E-state index in [-0.39, 0.29) is 0 Å². The van der Waals surface area contributed by atoms with Gasteiger partial charge in [0.05, 0.1) is 0 Å². The zero-order valence-corrected chi connectivity index (χ0v) is 8.81. The number of ketones is 1. The summed E-state index contributed by atoms with van der Waals surface area (Å²) in [5, 5.41) is 0. The summed E-state index contributed by atoms with van der Waals surface area (Å²) in [4.78, 5) is 11.1. The fourth-order valence-corrected chi connectivity index (χ4v) is 3.67. The Hall–Kier alpha value is -0.113. The predicted molar refractivity (Wildman–Crippen MR) is 50.6 cm³/mol. The molecule has 1 aliphatic rings. The molecule has 0 unspecified atom stereocenters. The van der Waals surface area contributed by atoms with Crippen molar-refractivity contribution in [1.29, 1.82) is 0 Å². The Morgan fingerprint density at radius 2 is 2.00 bits per heavy atom. The van der Waals surface area contributed by atoms with Crippen molar-refractivity contribution in [1.82, 2.24) is 0 Å². The van der Waals surface area contributed by atoms with Crippen molar-refractivity contribution in [2.24, 2.45) is 0 Å². The molecule has 0 spiro atoms. The van der Waals surface area contributed by atoms with Crippen LogP contribution in [0.1, 0.15) is 25.7 Å². The van der Waals surface area contributed by atoms with Gasteiger partial charge in [0.1, 0.15) is 5.78 Å². The van der Waals surface area contributed by atoms with Gasteiger partial charge in [0.2, 0.25) is 0 Å². The number of carbonyl (C=O) groups is 1. The lowest BCUT2D eigenvalue weighted by molar-refractivity contribution is -0.120. The Labute approximate surface area is 70.2 Å². The van der Waals surface area contributed by atoms with Crippen LogP contribution in [0.3, 0.4) is 0 Å². The number of rotatable bonds is 1. The van der Waals surface area contributed by atoms with Gasteiger partial charge in [0, 0.05) is 20.9 Å². The number of hydrogen-bond acceptors (Lipinski definition) is 1. The Morgan fingerprint density at radius 1 is 1.36 bits per heavy atom. The second kappa shape index (κ2) is 3.09. The van der Waals surface area contributed by atoms with E-state index in [1.807, 2.05) is 0 Å². The second-order valence-electron chi connectivity index (χ2n) is 4.70. The van der Waals surface area contributed by atoms with Gasteiger partial charge in [-0.1, -0.05) is 26.1 Å². The van der Waals surface area contributed by atoms with Crippen LogP contribution in [0.4, 0.5) is 0 Å². The van der Waals surface area contributed by atoms with E-state index in [0.29, 0.717) is 5.78 Å². The van der Waals surface area contributed by atoms with Crippen LogP contribution in [0.15, 0.2) is 0 Å². The molecule has 1 aliphatic carbocycles. The molecule has 0 saturated heterocycles. The molecular weight excluding hydrogens is 152 g/mol. The highest BCUT2D eigenvalue weighted by Gasteiger charge is 2.30. The zero-order valence-electron chi connectivity index (χ0n) is 7.81. The molecule has 0 aromatic rings. The van der Waals surface area contributed by atoms with E-state index in [1.54, 1.807) is 0 Å². The molecule has 1 saturated carbocycles. The SMILES string of the molecule is C[Si](C)(C)[C@H]1CCCC(=O)C1. The highest BCUT2D eigenvalue weighted by atomic mass is 28.3. The highest BCUT2D eigenvalue weighted by Crippen LogP contribution is 2.34. The van der Waals surface area contributed by atoms with Gasteiger partial charge in [-0.25, -0.2) is 0 Å². The van der Waals surface area contributed by atoms with E-state index in [2.05, 4.69) is 19.6 Å². The van der Waals surface area contributed by atoms with E-state index in [9.17, 15) is 4.79 Å². The summed E-state index contributed by atoms with van der Waals surface area (Å²) in [5.74, 6) is 0.503. The first-order chi connectivity index (χ1) is 5.00. The van der Waals surface area contributed by atoms with Crippen molar-refractivity contribution < 1.29 is 4.79 Å². The molecule has 2 heteroatoms. The summed E-state index contributed by atoms with van der Waals surface area (Å²) in [5.41, 5.74) is 0.767. The van der Waals surface area contributed by atoms with Crippen LogP contribution in [-0.4, -0.2) is 13.9 Å². The van der Waals surface area contributed by atoms with E-state index < -0.39 is 8.07 Å². The standard InChI is InChI=1S/C9H18OSi/c1-11(2,3)9-6-4-5-8(10)7-9/h9H,4-7H2,1-3H3/t9-/m0/s1. The quantitative estimate of drug-likeness (QED) is 0.553. The summed E-state index contributed by atoms with van der Waals surface area (Å²) < 4.78 is 0. The van der Waals surface area contributed by atoms with Crippen LogP contribution >= 0.6 is 0 Å². The maximum atomic E-state index is 11.1. The van der Waals surface area contributed by atoms with Crippen molar-refractivity contribution in [3.8, 4) is 0 Å². The first-order valence-corrected chi connectivity index (χ1v) is 8.09. The lowest BCUT2D eigenvalue weighted by Crippen LogP contribution is -2.32. The second-order valence-corrected chi connectivity index (χ2v) is 10.2. The third-order valence-electron chi connectivity index (χ3n) is 2.71. The van der Waals surface area contributed by atoms with Gasteiger partial charge in [-0.2, -0.15) is 0 Å². The minimum atomic E-state index is -1.02. The van der Waals surface area contributed by atoms with Crippen molar-refractivity contribution in [2.75, 3.05) is 0 Å². The molecule has 1 nitrogen and oxygen atoms in total. The molecule has 0 radical (unpaired) electrons. The summed E-state index contributed by atoms with van der Waals surface area (Å²) >= 11 is 0. The summed E-state index contributed by atoms with van der Waals surface area (Å²) in [7, 11) is -1.02. The maximum absolute atomic E-state index is 11.1. The largest absolute Gasteiger partial charge is 0.300 e. The smallest absolute Gasteiger partial charge is 0.132 e. The average molecular weight is 170 g/mol. The molecule has 11 heavy (non-hydrogen) atoms. The van der Waals surface area contributed by atoms with Gasteiger partial charge in [-0.3, -0.25) is 4.79 Å². The van der Waals surface area contributed by atoms with Gasteiger partial charge < -0.3 is 0 Å². The van der Waals surface area contributed by atoms with E-state index >= 15 is 0 Å². The minimum Gasteiger partial charge on any atom is -0.300 e. The number of carbonyl (C=O) groups excluding carboxylic acids is 1. The molecule has 0 heterocycles. The molecule has 0 aromatic heterocycles. The van der Waals surface area contributed by atoms with Gasteiger partial charge >= 0.3 is 0 Å². The molecular formula is C9H18OSi. The van der Waals surface area contributed by atoms with Gasteiger partial charge in [-0.05, 0) is 12.0 Å². The molecule has 0 aromatic carbocycles. The highest BCUT2D eigenvalue weighted by molar-refractivity contribution is 6.77. The fourth-order valence-electron chi connectivity index (χ4n) is 1.76. The number of Topliss-reactive ketones (excluding diaryl/α,β-unsaturated/α-hetero) is 1. The van der Waals surface area contributed by atoms with Gasteiger partial charge in [-0.15, -0.1) is 0 Å².